The molecule has 7 heteroatoms. The van der Waals surface area contributed by atoms with Crippen LogP contribution in [0.1, 0.15) is 15.9 Å². The smallest absolute Gasteiger partial charge is 0.254 e. The van der Waals surface area contributed by atoms with E-state index in [4.69, 9.17) is 11.6 Å². The summed E-state index contributed by atoms with van der Waals surface area (Å²) in [6, 6.07) is 15.0. The molecule has 2 heterocycles. The van der Waals surface area contributed by atoms with Gasteiger partial charge >= 0.3 is 0 Å². The molecule has 2 amide bonds. The fourth-order valence-corrected chi connectivity index (χ4v) is 3.40. The van der Waals surface area contributed by atoms with Crippen molar-refractivity contribution in [3.63, 3.8) is 0 Å². The first-order valence-corrected chi connectivity index (χ1v) is 9.41. The van der Waals surface area contributed by atoms with Gasteiger partial charge in [-0.2, -0.15) is 0 Å². The number of hydrogen-bond acceptors (Lipinski definition) is 4. The number of amides is 2. The van der Waals surface area contributed by atoms with Crippen LogP contribution in [0.4, 0.5) is 5.69 Å². The van der Waals surface area contributed by atoms with Crippen LogP contribution < -0.4 is 10.6 Å². The number of piperazine rings is 1. The Hall–Kier alpha value is -3.12. The maximum atomic E-state index is 12.5. The van der Waals surface area contributed by atoms with Crippen molar-refractivity contribution in [1.29, 1.82) is 0 Å². The van der Waals surface area contributed by atoms with Crippen molar-refractivity contribution in [3.8, 4) is 0 Å². The molecule has 1 aliphatic rings. The van der Waals surface area contributed by atoms with Crippen LogP contribution in [-0.2, 0) is 11.3 Å². The van der Waals surface area contributed by atoms with Crippen molar-refractivity contribution >= 4 is 40.0 Å². The number of halogens is 1. The average molecular weight is 395 g/mol. The zero-order chi connectivity index (χ0) is 19.5. The molecule has 1 aliphatic heterocycles. The number of anilines is 1. The third kappa shape index (κ3) is 3.92. The summed E-state index contributed by atoms with van der Waals surface area (Å²) >= 11 is 6.11. The average Bonchev–Trinajstić information content (AvgIpc) is 2.72. The van der Waals surface area contributed by atoms with Crippen LogP contribution in [-0.4, -0.2) is 41.3 Å². The minimum Gasteiger partial charge on any atom is -0.380 e. The van der Waals surface area contributed by atoms with E-state index in [2.05, 4.69) is 15.6 Å². The lowest BCUT2D eigenvalue weighted by molar-refractivity contribution is -0.123. The maximum Gasteiger partial charge on any atom is 0.254 e. The largest absolute Gasteiger partial charge is 0.380 e. The highest BCUT2D eigenvalue weighted by Gasteiger charge is 2.22. The van der Waals surface area contributed by atoms with E-state index in [0.717, 1.165) is 22.2 Å². The molecule has 0 radical (unpaired) electrons. The van der Waals surface area contributed by atoms with Gasteiger partial charge in [-0.05, 0) is 42.0 Å². The first-order valence-electron chi connectivity index (χ1n) is 9.03. The molecule has 0 unspecified atom stereocenters. The Kier molecular flexibility index (Phi) is 5.12. The monoisotopic (exact) mass is 394 g/mol. The van der Waals surface area contributed by atoms with Gasteiger partial charge in [-0.15, -0.1) is 0 Å². The van der Waals surface area contributed by atoms with Gasteiger partial charge in [0, 0.05) is 47.5 Å². The Labute approximate surface area is 167 Å². The quantitative estimate of drug-likeness (QED) is 0.713. The number of hydrogen-bond donors (Lipinski definition) is 2. The fourth-order valence-electron chi connectivity index (χ4n) is 3.23. The first kappa shape index (κ1) is 18.3. The summed E-state index contributed by atoms with van der Waals surface area (Å²) < 4.78 is 0. The van der Waals surface area contributed by atoms with Crippen LogP contribution >= 0.6 is 11.6 Å². The number of carbonyl (C=O) groups is 2. The lowest BCUT2D eigenvalue weighted by atomic mass is 10.1. The van der Waals surface area contributed by atoms with Crippen molar-refractivity contribution in [3.05, 3.63) is 70.9 Å². The van der Waals surface area contributed by atoms with Crippen molar-refractivity contribution in [2.24, 2.45) is 0 Å². The van der Waals surface area contributed by atoms with Crippen molar-refractivity contribution in [1.82, 2.24) is 15.2 Å². The van der Waals surface area contributed by atoms with Crippen LogP contribution in [0.3, 0.4) is 0 Å². The number of nitrogens with zero attached hydrogens (tertiary/aromatic N) is 2. The number of carbonyl (C=O) groups excluding carboxylic acids is 2. The van der Waals surface area contributed by atoms with Gasteiger partial charge in [-0.3, -0.25) is 14.6 Å². The zero-order valence-corrected chi connectivity index (χ0v) is 15.9. The molecule has 142 valence electrons. The van der Waals surface area contributed by atoms with Gasteiger partial charge in [0.15, 0.2) is 0 Å². The van der Waals surface area contributed by atoms with E-state index >= 15 is 0 Å². The molecule has 0 saturated carbocycles. The minimum absolute atomic E-state index is 0.111. The molecule has 1 fully saturated rings. The van der Waals surface area contributed by atoms with E-state index in [-0.39, 0.29) is 18.4 Å². The zero-order valence-electron chi connectivity index (χ0n) is 15.1. The molecule has 28 heavy (non-hydrogen) atoms. The van der Waals surface area contributed by atoms with Crippen molar-refractivity contribution in [2.75, 3.05) is 25.0 Å². The van der Waals surface area contributed by atoms with Crippen LogP contribution in [0.15, 0.2) is 54.7 Å². The molecule has 2 N–H and O–H groups in total. The van der Waals surface area contributed by atoms with Gasteiger partial charge in [0.2, 0.25) is 5.91 Å². The first-order chi connectivity index (χ1) is 13.6. The van der Waals surface area contributed by atoms with Crippen LogP contribution in [0.5, 0.6) is 0 Å². The number of pyridine rings is 1. The van der Waals surface area contributed by atoms with Gasteiger partial charge in [0.25, 0.3) is 5.91 Å². The maximum absolute atomic E-state index is 12.5. The van der Waals surface area contributed by atoms with E-state index in [1.54, 1.807) is 23.2 Å². The van der Waals surface area contributed by atoms with E-state index in [1.165, 1.54) is 0 Å². The normalized spacial score (nSPS) is 14.0. The van der Waals surface area contributed by atoms with Crippen molar-refractivity contribution in [2.45, 2.75) is 6.54 Å². The molecule has 6 nitrogen and oxygen atoms in total. The van der Waals surface area contributed by atoms with Gasteiger partial charge in [-0.25, -0.2) is 0 Å². The molecule has 4 rings (SSSR count). The number of nitrogens with one attached hydrogen (secondary N) is 2. The summed E-state index contributed by atoms with van der Waals surface area (Å²) in [5.74, 6) is -0.241. The highest BCUT2D eigenvalue weighted by molar-refractivity contribution is 6.31. The predicted molar refractivity (Wildman–Crippen MR) is 109 cm³/mol. The molecule has 0 atom stereocenters. The van der Waals surface area contributed by atoms with Crippen LogP contribution in [0.25, 0.3) is 10.9 Å². The van der Waals surface area contributed by atoms with E-state index in [9.17, 15) is 9.59 Å². The summed E-state index contributed by atoms with van der Waals surface area (Å²) in [6.07, 6.45) is 1.76. The van der Waals surface area contributed by atoms with Crippen molar-refractivity contribution < 1.29 is 9.59 Å². The minimum atomic E-state index is -0.121. The molecule has 3 aromatic rings. The Bertz CT molecular complexity index is 1040. The summed E-state index contributed by atoms with van der Waals surface area (Å²) in [5, 5.41) is 7.75. The number of benzene rings is 2. The molecular formula is C21H19ClN4O2. The Morgan fingerprint density at radius 3 is 2.79 bits per heavy atom. The molecule has 0 bridgehead atoms. The van der Waals surface area contributed by atoms with Gasteiger partial charge in [0.05, 0.1) is 12.1 Å². The van der Waals surface area contributed by atoms with E-state index in [1.807, 2.05) is 36.4 Å². The van der Waals surface area contributed by atoms with Gasteiger partial charge < -0.3 is 15.5 Å². The summed E-state index contributed by atoms with van der Waals surface area (Å²) in [5.41, 5.74) is 3.45. The van der Waals surface area contributed by atoms with E-state index < -0.39 is 0 Å². The molecule has 1 saturated heterocycles. The standard InChI is InChI=1S/C21H19ClN4O2/c22-16-5-6-18-17(11-16)19(7-8-23-18)25-12-14-1-3-15(4-2-14)21(28)26-10-9-24-20(27)13-26/h1-8,11H,9-10,12-13H2,(H,23,25)(H,24,27). The predicted octanol–water partition coefficient (Wildman–Crippen LogP) is 3.07. The highest BCUT2D eigenvalue weighted by atomic mass is 35.5. The summed E-state index contributed by atoms with van der Waals surface area (Å²) in [6.45, 7) is 1.74. The number of rotatable bonds is 4. The van der Waals surface area contributed by atoms with Crippen LogP contribution in [0.2, 0.25) is 5.02 Å². The molecule has 0 aliphatic carbocycles. The topological polar surface area (TPSA) is 74.3 Å². The highest BCUT2D eigenvalue weighted by Crippen LogP contribution is 2.25. The SMILES string of the molecule is O=C1CN(C(=O)c2ccc(CNc3ccnc4ccc(Cl)cc34)cc2)CCN1. The lowest BCUT2D eigenvalue weighted by Gasteiger charge is -2.26. The molecule has 1 aromatic heterocycles. The second-order valence-electron chi connectivity index (χ2n) is 6.65. The second kappa shape index (κ2) is 7.86. The fraction of sp³-hybridized carbons (Fsp3) is 0.190. The number of aromatic nitrogens is 1. The van der Waals surface area contributed by atoms with Gasteiger partial charge in [-0.1, -0.05) is 23.7 Å². The lowest BCUT2D eigenvalue weighted by Crippen LogP contribution is -2.49. The molecule has 2 aromatic carbocycles. The number of fused-ring (bicyclic) bond motifs is 1. The van der Waals surface area contributed by atoms with Gasteiger partial charge in [0.1, 0.15) is 0 Å². The van der Waals surface area contributed by atoms with E-state index in [0.29, 0.717) is 30.2 Å². The Balaban J connectivity index is 1.45. The Morgan fingerprint density at radius 1 is 1.18 bits per heavy atom. The summed E-state index contributed by atoms with van der Waals surface area (Å²) in [4.78, 5) is 29.9. The third-order valence-corrected chi connectivity index (χ3v) is 4.95. The Morgan fingerprint density at radius 2 is 2.00 bits per heavy atom. The second-order valence-corrected chi connectivity index (χ2v) is 7.08. The molecular weight excluding hydrogens is 376 g/mol. The van der Waals surface area contributed by atoms with Crippen LogP contribution in [0, 0.1) is 0 Å². The third-order valence-electron chi connectivity index (χ3n) is 4.71. The molecule has 0 spiro atoms. The summed E-state index contributed by atoms with van der Waals surface area (Å²) in [7, 11) is 0.